The summed E-state index contributed by atoms with van der Waals surface area (Å²) >= 11 is 7.72. The largest absolute Gasteiger partial charge is 0.376 e. The third-order valence-electron chi connectivity index (χ3n) is 4.48. The predicted octanol–water partition coefficient (Wildman–Crippen LogP) is 3.25. The van der Waals surface area contributed by atoms with Crippen LogP contribution in [0.3, 0.4) is 0 Å². The van der Waals surface area contributed by atoms with E-state index in [2.05, 4.69) is 10.4 Å². The number of hydrogen-bond donors (Lipinski definition) is 1. The Kier molecular flexibility index (Phi) is 5.45. The predicted molar refractivity (Wildman–Crippen MR) is 106 cm³/mol. The molecule has 0 unspecified atom stereocenters. The van der Waals surface area contributed by atoms with Crippen LogP contribution in [0.25, 0.3) is 10.2 Å². The molecule has 1 fully saturated rings. The zero-order chi connectivity index (χ0) is 18.8. The molecule has 3 aromatic rings. The lowest BCUT2D eigenvalue weighted by molar-refractivity contribution is -0.0855. The second kappa shape index (κ2) is 7.98. The van der Waals surface area contributed by atoms with E-state index in [1.165, 1.54) is 11.3 Å². The van der Waals surface area contributed by atoms with Crippen LogP contribution in [-0.2, 0) is 16.0 Å². The molecule has 2 aromatic heterocycles. The summed E-state index contributed by atoms with van der Waals surface area (Å²) in [4.78, 5) is 14.2. The van der Waals surface area contributed by atoms with Gasteiger partial charge in [-0.1, -0.05) is 29.8 Å². The lowest BCUT2D eigenvalue weighted by Crippen LogP contribution is -2.39. The zero-order valence-corrected chi connectivity index (χ0v) is 16.5. The van der Waals surface area contributed by atoms with Crippen molar-refractivity contribution in [3.05, 3.63) is 51.5 Å². The summed E-state index contributed by atoms with van der Waals surface area (Å²) in [6.07, 6.45) is -0.0884. The number of carbonyl (C=O) groups is 1. The number of halogens is 1. The molecule has 0 spiro atoms. The number of ether oxygens (including phenoxy) is 2. The van der Waals surface area contributed by atoms with E-state index < -0.39 is 0 Å². The number of aryl methyl sites for hydroxylation is 1. The highest BCUT2D eigenvalue weighted by atomic mass is 35.5. The summed E-state index contributed by atoms with van der Waals surface area (Å²) in [5.41, 5.74) is 1.90. The molecular formula is C19H20ClN3O3S. The minimum Gasteiger partial charge on any atom is -0.376 e. The van der Waals surface area contributed by atoms with Gasteiger partial charge >= 0.3 is 0 Å². The molecule has 0 saturated carbocycles. The highest BCUT2D eigenvalue weighted by Crippen LogP contribution is 2.29. The molecule has 0 aliphatic carbocycles. The quantitative estimate of drug-likeness (QED) is 0.707. The van der Waals surface area contributed by atoms with Gasteiger partial charge in [0.1, 0.15) is 4.83 Å². The molecular weight excluding hydrogens is 386 g/mol. The Morgan fingerprint density at radius 2 is 2.26 bits per heavy atom. The molecule has 1 aliphatic rings. The molecule has 4 rings (SSSR count). The van der Waals surface area contributed by atoms with E-state index >= 15 is 0 Å². The van der Waals surface area contributed by atoms with Crippen LogP contribution in [0, 0.1) is 6.92 Å². The summed E-state index contributed by atoms with van der Waals surface area (Å²) < 4.78 is 12.8. The average molecular weight is 406 g/mol. The van der Waals surface area contributed by atoms with Gasteiger partial charge in [0.25, 0.3) is 5.91 Å². The van der Waals surface area contributed by atoms with Crippen LogP contribution < -0.4 is 5.32 Å². The summed E-state index contributed by atoms with van der Waals surface area (Å²) in [6.45, 7) is 4.66. The van der Waals surface area contributed by atoms with E-state index in [1.54, 1.807) is 0 Å². The molecule has 8 heteroatoms. The number of rotatable bonds is 5. The van der Waals surface area contributed by atoms with Gasteiger partial charge in [0.15, 0.2) is 0 Å². The fourth-order valence-corrected chi connectivity index (χ4v) is 4.34. The van der Waals surface area contributed by atoms with Gasteiger partial charge in [0.2, 0.25) is 0 Å². The molecule has 6 nitrogen and oxygen atoms in total. The van der Waals surface area contributed by atoms with Crippen molar-refractivity contribution in [1.82, 2.24) is 15.1 Å². The van der Waals surface area contributed by atoms with Crippen molar-refractivity contribution in [2.24, 2.45) is 0 Å². The number of benzene rings is 1. The number of thiophene rings is 1. The Bertz CT molecular complexity index is 962. The van der Waals surface area contributed by atoms with E-state index in [0.717, 1.165) is 21.5 Å². The van der Waals surface area contributed by atoms with Gasteiger partial charge < -0.3 is 14.8 Å². The maximum absolute atomic E-state index is 12.5. The van der Waals surface area contributed by atoms with Crippen molar-refractivity contribution >= 4 is 39.1 Å². The first-order valence-corrected chi connectivity index (χ1v) is 9.99. The van der Waals surface area contributed by atoms with Gasteiger partial charge in [-0.15, -0.1) is 11.3 Å². The SMILES string of the molecule is Cc1nn(Cc2ccccc2Cl)c2sc(C(=O)NC[C@@H]3COCCO3)cc12. The lowest BCUT2D eigenvalue weighted by atomic mass is 10.2. The van der Waals surface area contributed by atoms with Crippen LogP contribution in [0.5, 0.6) is 0 Å². The van der Waals surface area contributed by atoms with E-state index in [0.29, 0.717) is 42.8 Å². The third kappa shape index (κ3) is 4.01. The molecule has 1 aliphatic heterocycles. The number of fused-ring (bicyclic) bond motifs is 1. The molecule has 27 heavy (non-hydrogen) atoms. The summed E-state index contributed by atoms with van der Waals surface area (Å²) in [5, 5.41) is 9.25. The maximum Gasteiger partial charge on any atom is 0.261 e. The minimum atomic E-state index is -0.103. The molecule has 1 aromatic carbocycles. The summed E-state index contributed by atoms with van der Waals surface area (Å²) in [7, 11) is 0. The Morgan fingerprint density at radius 1 is 1.41 bits per heavy atom. The minimum absolute atomic E-state index is 0.0884. The number of nitrogens with one attached hydrogen (secondary N) is 1. The van der Waals surface area contributed by atoms with Crippen molar-refractivity contribution in [1.29, 1.82) is 0 Å². The van der Waals surface area contributed by atoms with Gasteiger partial charge in [-0.25, -0.2) is 0 Å². The fraction of sp³-hybridized carbons (Fsp3) is 0.368. The van der Waals surface area contributed by atoms with Crippen molar-refractivity contribution in [3.63, 3.8) is 0 Å². The fourth-order valence-electron chi connectivity index (χ4n) is 3.07. The van der Waals surface area contributed by atoms with Gasteiger partial charge in [0, 0.05) is 17.0 Å². The van der Waals surface area contributed by atoms with Gasteiger partial charge in [0.05, 0.1) is 43.0 Å². The van der Waals surface area contributed by atoms with E-state index in [1.807, 2.05) is 41.9 Å². The smallest absolute Gasteiger partial charge is 0.261 e. The molecule has 0 radical (unpaired) electrons. The average Bonchev–Trinajstić information content (AvgIpc) is 3.24. The number of nitrogens with zero attached hydrogens (tertiary/aromatic N) is 2. The van der Waals surface area contributed by atoms with Gasteiger partial charge in [-0.2, -0.15) is 5.10 Å². The van der Waals surface area contributed by atoms with Crippen LogP contribution >= 0.6 is 22.9 Å². The highest BCUT2D eigenvalue weighted by molar-refractivity contribution is 7.20. The van der Waals surface area contributed by atoms with Crippen LogP contribution in [0.1, 0.15) is 20.9 Å². The molecule has 3 heterocycles. The standard InChI is InChI=1S/C19H20ClN3O3S/c1-12-15-8-17(18(24)21-9-14-11-25-6-7-26-14)27-19(15)23(22-12)10-13-4-2-3-5-16(13)20/h2-5,8,14H,6-7,9-11H2,1H3,(H,21,24)/t14-/m1/s1. The Morgan fingerprint density at radius 3 is 3.04 bits per heavy atom. The molecule has 1 saturated heterocycles. The normalized spacial score (nSPS) is 17.3. The first-order valence-electron chi connectivity index (χ1n) is 8.79. The van der Waals surface area contributed by atoms with Crippen molar-refractivity contribution in [3.8, 4) is 0 Å². The summed E-state index contributed by atoms with van der Waals surface area (Å²) in [6, 6.07) is 9.62. The highest BCUT2D eigenvalue weighted by Gasteiger charge is 2.19. The Balaban J connectivity index is 1.51. The number of amides is 1. The van der Waals surface area contributed by atoms with Crippen molar-refractivity contribution < 1.29 is 14.3 Å². The Hall–Kier alpha value is -1.93. The number of aromatic nitrogens is 2. The third-order valence-corrected chi connectivity index (χ3v) is 6.00. The zero-order valence-electron chi connectivity index (χ0n) is 14.9. The van der Waals surface area contributed by atoms with Gasteiger partial charge in [-0.3, -0.25) is 9.48 Å². The topological polar surface area (TPSA) is 65.4 Å². The van der Waals surface area contributed by atoms with Crippen LogP contribution in [-0.4, -0.2) is 48.2 Å². The maximum atomic E-state index is 12.5. The second-order valence-electron chi connectivity index (χ2n) is 6.44. The monoisotopic (exact) mass is 405 g/mol. The molecule has 142 valence electrons. The summed E-state index contributed by atoms with van der Waals surface area (Å²) in [5.74, 6) is -0.103. The Labute approximate surface area is 166 Å². The van der Waals surface area contributed by atoms with Crippen LogP contribution in [0.4, 0.5) is 0 Å². The molecule has 1 N–H and O–H groups in total. The first kappa shape index (κ1) is 18.4. The molecule has 0 bridgehead atoms. The van der Waals surface area contributed by atoms with Crippen molar-refractivity contribution in [2.75, 3.05) is 26.4 Å². The van der Waals surface area contributed by atoms with Crippen LogP contribution in [0.15, 0.2) is 30.3 Å². The van der Waals surface area contributed by atoms with Crippen LogP contribution in [0.2, 0.25) is 5.02 Å². The van der Waals surface area contributed by atoms with E-state index in [9.17, 15) is 4.79 Å². The molecule has 1 atom stereocenters. The number of hydrogen-bond acceptors (Lipinski definition) is 5. The molecule has 1 amide bonds. The number of carbonyl (C=O) groups excluding carboxylic acids is 1. The lowest BCUT2D eigenvalue weighted by Gasteiger charge is -2.22. The second-order valence-corrected chi connectivity index (χ2v) is 7.88. The van der Waals surface area contributed by atoms with Crippen molar-refractivity contribution in [2.45, 2.75) is 19.6 Å². The van der Waals surface area contributed by atoms with E-state index in [4.69, 9.17) is 21.1 Å². The first-order chi connectivity index (χ1) is 13.1. The van der Waals surface area contributed by atoms with E-state index in [-0.39, 0.29) is 12.0 Å². The van der Waals surface area contributed by atoms with Gasteiger partial charge in [-0.05, 0) is 24.6 Å².